The van der Waals surface area contributed by atoms with Crippen molar-refractivity contribution in [3.8, 4) is 0 Å². The first-order chi connectivity index (χ1) is 65.7. The minimum absolute atomic E-state index is 0. The number of anilines is 10. The minimum atomic E-state index is -0.848. The number of nitrogens with one attached hydrogen (secondary N) is 6. The zero-order valence-corrected chi connectivity index (χ0v) is 80.3. The summed E-state index contributed by atoms with van der Waals surface area (Å²) in [4.78, 5) is 129. The lowest BCUT2D eigenvalue weighted by molar-refractivity contribution is -0.148. The van der Waals surface area contributed by atoms with E-state index < -0.39 is 11.9 Å². The molecule has 0 bridgehead atoms. The van der Waals surface area contributed by atoms with Crippen LogP contribution in [0.15, 0.2) is 219 Å². The normalized spacial score (nSPS) is 13.6. The summed E-state index contributed by atoms with van der Waals surface area (Å²) in [6.45, 7) is 16.9. The molecule has 0 aliphatic carbocycles. The number of pyridine rings is 6. The molecule has 8 aromatic heterocycles. The number of benzene rings is 4. The van der Waals surface area contributed by atoms with E-state index in [1.54, 1.807) is 49.1 Å². The van der Waals surface area contributed by atoms with Crippen LogP contribution in [0.1, 0.15) is 136 Å². The van der Waals surface area contributed by atoms with Gasteiger partial charge in [-0.05, 0) is 193 Å². The molecule has 4 aliphatic heterocycles. The van der Waals surface area contributed by atoms with E-state index in [9.17, 15) is 38.4 Å². The van der Waals surface area contributed by atoms with Gasteiger partial charge in [0.05, 0.1) is 110 Å². The van der Waals surface area contributed by atoms with Crippen molar-refractivity contribution >= 4 is 156 Å². The van der Waals surface area contributed by atoms with E-state index in [0.717, 1.165) is 155 Å². The number of aliphatic carboxylic acids is 2. The van der Waals surface area contributed by atoms with Crippen molar-refractivity contribution in [1.29, 1.82) is 0 Å². The fraction of sp³-hybridized carbons (Fsp3) is 0.323. The first-order valence-electron chi connectivity index (χ1n) is 44.8. The van der Waals surface area contributed by atoms with Gasteiger partial charge in [-0.25, -0.2) is 25.8 Å². The predicted molar refractivity (Wildman–Crippen MR) is 541 cm³/mol. The third kappa shape index (κ3) is 35.7. The molecule has 0 unspecified atom stereocenters. The average molecular weight is 1940 g/mol. The summed E-state index contributed by atoms with van der Waals surface area (Å²) in [5.74, 6) is 5.18. The summed E-state index contributed by atoms with van der Waals surface area (Å²) >= 11 is 7.16. The van der Waals surface area contributed by atoms with Crippen molar-refractivity contribution in [1.82, 2.24) is 55.7 Å². The van der Waals surface area contributed by atoms with Gasteiger partial charge in [0.1, 0.15) is 33.3 Å². The number of amides is 5. The van der Waals surface area contributed by atoms with E-state index in [2.05, 4.69) is 115 Å². The van der Waals surface area contributed by atoms with Crippen LogP contribution < -0.4 is 68.9 Å². The number of piperidine rings is 4. The first kappa shape index (κ1) is 105. The highest BCUT2D eigenvalue weighted by Gasteiger charge is 2.30. The number of ether oxygens (including phenoxy) is 1. The van der Waals surface area contributed by atoms with Crippen molar-refractivity contribution in [3.05, 3.63) is 285 Å². The summed E-state index contributed by atoms with van der Waals surface area (Å²) in [5, 5.41) is 51.4. The predicted octanol–water partition coefficient (Wildman–Crippen LogP) is 13.8. The van der Waals surface area contributed by atoms with Crippen LogP contribution in [-0.4, -0.2) is 172 Å². The van der Waals surface area contributed by atoms with Gasteiger partial charge < -0.3 is 78.0 Å². The van der Waals surface area contributed by atoms with Crippen LogP contribution in [0.4, 0.5) is 56.3 Å². The zero-order chi connectivity index (χ0) is 96.7. The number of nitrogens with two attached hydrogens (primary N) is 3. The van der Waals surface area contributed by atoms with Crippen molar-refractivity contribution in [2.45, 2.75) is 136 Å². The van der Waals surface area contributed by atoms with E-state index in [-0.39, 0.29) is 77.7 Å². The summed E-state index contributed by atoms with van der Waals surface area (Å²) in [6, 6.07) is 57.6. The van der Waals surface area contributed by atoms with E-state index >= 15 is 0 Å². The summed E-state index contributed by atoms with van der Waals surface area (Å²) in [5.41, 5.74) is 26.4. The first-order valence-corrected chi connectivity index (χ1v) is 46.9. The third-order valence-electron chi connectivity index (χ3n) is 22.4. The van der Waals surface area contributed by atoms with Gasteiger partial charge in [0.15, 0.2) is 5.11 Å². The Labute approximate surface area is 815 Å². The number of carbonyl (C=O) groups excluding carboxylic acids is 6. The van der Waals surface area contributed by atoms with Crippen molar-refractivity contribution < 1.29 is 53.3 Å². The number of nitrogens with zero attached hydrogens (tertiary/aromatic N) is 14. The number of hydrogen-bond acceptors (Lipinski definition) is 28. The maximum Gasteiger partial charge on any atom is 0.309 e. The lowest BCUT2D eigenvalue weighted by Crippen LogP contribution is -2.37. The molecular weight excluding hydrogens is 1820 g/mol. The number of halogens is 1. The van der Waals surface area contributed by atoms with Gasteiger partial charge in [-0.15, -0.1) is 32.8 Å². The van der Waals surface area contributed by atoms with E-state index in [1.807, 2.05) is 210 Å². The van der Waals surface area contributed by atoms with Gasteiger partial charge >= 0.3 is 17.9 Å². The molecule has 38 heteroatoms. The number of carboxylic acids is 2. The Morgan fingerprint density at radius 2 is 0.737 bits per heavy atom. The fourth-order valence-electron chi connectivity index (χ4n) is 15.5. The Balaban J connectivity index is 0.000000180. The molecule has 12 heterocycles. The number of esters is 1. The van der Waals surface area contributed by atoms with Gasteiger partial charge in [-0.3, -0.25) is 48.3 Å². The molecule has 137 heavy (non-hydrogen) atoms. The second-order valence-electron chi connectivity index (χ2n) is 33.0. The highest BCUT2D eigenvalue weighted by Crippen LogP contribution is 2.36. The number of hydrogen-bond donors (Lipinski definition) is 11. The Morgan fingerprint density at radius 1 is 0.409 bits per heavy atom. The Hall–Kier alpha value is -14.4. The van der Waals surface area contributed by atoms with E-state index in [1.165, 1.54) is 22.7 Å². The zero-order valence-electron chi connectivity index (χ0n) is 77.1. The Kier molecular flexibility index (Phi) is 41.4. The SMILES string of the molecule is CCOC(=O)C1CCN(c2ccc(NC(=O)Cc3cccc(C)c3)nc2)CC1.Cc1cccc(CC(=O)Nc2ccc(N3CCC(C(=O)O)CC3)cn2)c1.Cc1cccc(CC(=O)Nc2ccc(N3CCC(c4nnc(N)s4)CC3)cn2)c1.Cc1cccc(CC(=O)Nc2ccc(N3CCC(c4nnc(NC(=O)Cc5ccccn5)s4)CC3)cn2)c1.Cl.NNC(N)=S.O=C(O)Cc1ccccn1. The third-order valence-corrected chi connectivity index (χ3v) is 24.4. The highest BCUT2D eigenvalue weighted by atomic mass is 35.5. The number of carbonyl (C=O) groups is 8. The number of aryl methyl sites for hydroxylation is 4. The second kappa shape index (κ2) is 54.2. The molecule has 718 valence electrons. The second-order valence-corrected chi connectivity index (χ2v) is 35.5. The van der Waals surface area contributed by atoms with Crippen LogP contribution >= 0.6 is 47.3 Å². The van der Waals surface area contributed by atoms with Crippen LogP contribution in [0, 0.1) is 39.5 Å². The Morgan fingerprint density at radius 3 is 1.03 bits per heavy atom. The Bertz CT molecular complexity index is 5890. The number of thiocarbonyl (C=S) groups is 1. The summed E-state index contributed by atoms with van der Waals surface area (Å²) < 4.78 is 5.11. The molecule has 16 rings (SSSR count). The van der Waals surface area contributed by atoms with Crippen LogP contribution in [0.3, 0.4) is 0 Å². The molecule has 5 amide bonds. The van der Waals surface area contributed by atoms with Gasteiger partial charge in [0.25, 0.3) is 0 Å². The number of hydrazine groups is 1. The van der Waals surface area contributed by atoms with Crippen molar-refractivity contribution in [3.63, 3.8) is 0 Å². The molecule has 4 aromatic carbocycles. The van der Waals surface area contributed by atoms with Crippen LogP contribution in [-0.2, 0) is 81.6 Å². The number of aromatic nitrogens is 10. The lowest BCUT2D eigenvalue weighted by atomic mass is 9.97. The molecule has 0 radical (unpaired) electrons. The van der Waals surface area contributed by atoms with E-state index in [0.29, 0.717) is 115 Å². The minimum Gasteiger partial charge on any atom is -0.481 e. The van der Waals surface area contributed by atoms with Crippen LogP contribution in [0.25, 0.3) is 0 Å². The molecule has 4 aliphatic rings. The van der Waals surface area contributed by atoms with Crippen molar-refractivity contribution in [2.75, 3.05) is 111 Å². The quantitative estimate of drug-likeness (QED) is 0.0104. The lowest BCUT2D eigenvalue weighted by Gasteiger charge is -2.32. The largest absolute Gasteiger partial charge is 0.481 e. The summed E-state index contributed by atoms with van der Waals surface area (Å²) in [6.07, 6.45) is 18.7. The fourth-order valence-corrected chi connectivity index (χ4v) is 17.2. The van der Waals surface area contributed by atoms with Crippen LogP contribution in [0.2, 0.25) is 0 Å². The van der Waals surface area contributed by atoms with Crippen LogP contribution in [0.5, 0.6) is 0 Å². The molecule has 4 saturated heterocycles. The highest BCUT2D eigenvalue weighted by molar-refractivity contribution is 7.80. The topological polar surface area (TPSA) is 478 Å². The smallest absolute Gasteiger partial charge is 0.309 e. The standard InChI is InChI=1S/C28H29N7O2S.C22H27N3O3.C21H24N6OS.C20H23N3O3.C7H7NO2.CH5N3S.ClH/c1-19-5-4-6-20(15-19)16-25(36)31-24-9-8-23(18-30-24)35-13-10-21(11-14-35)27-33-34-28(38-27)32-26(37)17-22-7-2-3-12-29-22;1-3-28-22(27)18-9-11-25(12-10-18)19-7-8-20(23-15-19)24-21(26)14-17-6-4-5-16(2)13-17;1-14-3-2-4-15(11-14)12-19(28)24-18-6-5-17(13-23-18)27-9-7-16(8-10-27)20-25-26-21(22)29-20;1-14-3-2-4-15(11-14)12-19(24)22-18-6-5-17(13-21-18)23-9-7-16(8-10-23)20(25)26;9-7(10)5-6-3-1-2-4-8-6;2-1(5)4-3;/h2-9,12,15,18,21H,10-11,13-14,16-17H2,1H3,(H,30,31,36)(H,32,34,37);4-8,13,15,18H,3,9-12,14H2,1-2H3,(H,23,24,26);2-6,11,13,16H,7-10,12H2,1H3,(H2,22,26)(H,23,24,28);2-6,11,13,16H,7-10,12H2,1H3,(H,25,26)(H,21,22,24);1-4H,5H2,(H,9,10);3H2,(H3,2,4,5);1H. The molecule has 4 fully saturated rings. The molecule has 0 saturated carbocycles. The monoisotopic (exact) mass is 1930 g/mol. The summed E-state index contributed by atoms with van der Waals surface area (Å²) in [7, 11) is 0. The molecular formula is C99H116ClN23O11S3. The molecule has 0 atom stereocenters. The van der Waals surface area contributed by atoms with Crippen molar-refractivity contribution in [2.24, 2.45) is 23.4 Å². The maximum absolute atomic E-state index is 12.4. The maximum atomic E-state index is 12.4. The van der Waals surface area contributed by atoms with Gasteiger partial charge in [0.2, 0.25) is 39.8 Å². The number of carboxylic acid groups (broad SMARTS) is 2. The van der Waals surface area contributed by atoms with E-state index in [4.69, 9.17) is 26.4 Å². The van der Waals surface area contributed by atoms with Gasteiger partial charge in [-0.1, -0.05) is 154 Å². The molecule has 0 spiro atoms. The molecule has 34 nitrogen and oxygen atoms in total. The number of nitrogen functional groups attached to an aromatic ring is 1. The molecule has 14 N–H and O–H groups in total. The number of rotatable bonds is 26. The van der Waals surface area contributed by atoms with Gasteiger partial charge in [0, 0.05) is 82.3 Å². The average Bonchev–Trinajstić information content (AvgIpc) is 1.82. The van der Waals surface area contributed by atoms with Gasteiger partial charge in [-0.2, -0.15) is 0 Å². The molecule has 12 aromatic rings.